The van der Waals surface area contributed by atoms with Gasteiger partial charge < -0.3 is 14.7 Å². The Morgan fingerprint density at radius 1 is 1.32 bits per heavy atom. The number of benzene rings is 1. The molecule has 0 radical (unpaired) electrons. The molecule has 1 amide bonds. The second-order valence-corrected chi connectivity index (χ2v) is 6.89. The first-order valence-electron chi connectivity index (χ1n) is 9.01. The lowest BCUT2D eigenvalue weighted by Crippen LogP contribution is -2.30. The fourth-order valence-corrected chi connectivity index (χ4v) is 3.55. The highest BCUT2D eigenvalue weighted by atomic mass is 35.5. The third-order valence-electron chi connectivity index (χ3n) is 4.72. The standard InChI is InChI=1S/C21H21ClN2O4/c1-3-4-10-24-18(14-6-5-9-23-12-14)17(20(26)21(24)27)19(25)13-7-8-16(28-2)15(22)11-13/h5-9,11-12,18,25H,3-4,10H2,1-2H3/b19-17-. The zero-order valence-electron chi connectivity index (χ0n) is 15.7. The van der Waals surface area contributed by atoms with Crippen molar-refractivity contribution in [2.24, 2.45) is 0 Å². The van der Waals surface area contributed by atoms with Crippen LogP contribution < -0.4 is 4.74 Å². The monoisotopic (exact) mass is 400 g/mol. The highest BCUT2D eigenvalue weighted by molar-refractivity contribution is 6.46. The number of nitrogens with zero attached hydrogens (tertiary/aromatic N) is 2. The first kappa shape index (κ1) is 19.9. The number of aliphatic hydroxyl groups excluding tert-OH is 1. The van der Waals surface area contributed by atoms with Crippen LogP contribution in [0.5, 0.6) is 5.75 Å². The van der Waals surface area contributed by atoms with E-state index >= 15 is 0 Å². The van der Waals surface area contributed by atoms with E-state index in [0.29, 0.717) is 28.4 Å². The molecule has 1 atom stereocenters. The number of likely N-dealkylation sites (tertiary alicyclic amines) is 1. The van der Waals surface area contributed by atoms with E-state index in [1.165, 1.54) is 18.1 Å². The lowest BCUT2D eigenvalue weighted by molar-refractivity contribution is -0.139. The average molecular weight is 401 g/mol. The van der Waals surface area contributed by atoms with Gasteiger partial charge in [-0.2, -0.15) is 0 Å². The predicted octanol–water partition coefficient (Wildman–Crippen LogP) is 3.97. The minimum absolute atomic E-state index is 0.0373. The third-order valence-corrected chi connectivity index (χ3v) is 5.01. The summed E-state index contributed by atoms with van der Waals surface area (Å²) in [4.78, 5) is 31.1. The number of halogens is 1. The van der Waals surface area contributed by atoms with E-state index in [-0.39, 0.29) is 11.3 Å². The van der Waals surface area contributed by atoms with Crippen LogP contribution in [0, 0.1) is 0 Å². The third kappa shape index (κ3) is 3.60. The van der Waals surface area contributed by atoms with Crippen LogP contribution in [0.15, 0.2) is 48.3 Å². The normalized spacial score (nSPS) is 18.5. The highest BCUT2D eigenvalue weighted by Crippen LogP contribution is 2.40. The van der Waals surface area contributed by atoms with Crippen molar-refractivity contribution in [3.8, 4) is 5.75 Å². The highest BCUT2D eigenvalue weighted by Gasteiger charge is 2.45. The Morgan fingerprint density at radius 3 is 2.71 bits per heavy atom. The lowest BCUT2D eigenvalue weighted by Gasteiger charge is -2.24. The smallest absolute Gasteiger partial charge is 0.295 e. The van der Waals surface area contributed by atoms with Crippen molar-refractivity contribution in [3.63, 3.8) is 0 Å². The molecular weight excluding hydrogens is 380 g/mol. The van der Waals surface area contributed by atoms with Gasteiger partial charge in [0, 0.05) is 24.5 Å². The number of Topliss-reactive ketones (excluding diaryl/α,β-unsaturated/α-hetero) is 1. The van der Waals surface area contributed by atoms with Crippen molar-refractivity contribution in [1.82, 2.24) is 9.88 Å². The lowest BCUT2D eigenvalue weighted by atomic mass is 9.96. The summed E-state index contributed by atoms with van der Waals surface area (Å²) in [5, 5.41) is 11.2. The van der Waals surface area contributed by atoms with E-state index < -0.39 is 17.7 Å². The van der Waals surface area contributed by atoms with E-state index in [2.05, 4.69) is 4.98 Å². The largest absolute Gasteiger partial charge is 0.507 e. The average Bonchev–Trinajstić information content (AvgIpc) is 2.97. The Kier molecular flexibility index (Phi) is 5.99. The van der Waals surface area contributed by atoms with E-state index in [0.717, 1.165) is 12.8 Å². The maximum atomic E-state index is 12.8. The van der Waals surface area contributed by atoms with Crippen molar-refractivity contribution in [2.75, 3.05) is 13.7 Å². The van der Waals surface area contributed by atoms with Gasteiger partial charge in [-0.15, -0.1) is 0 Å². The molecule has 3 rings (SSSR count). The number of amides is 1. The van der Waals surface area contributed by atoms with Gasteiger partial charge in [0.2, 0.25) is 0 Å². The molecule has 0 bridgehead atoms. The summed E-state index contributed by atoms with van der Waals surface area (Å²) in [6.45, 7) is 2.43. The number of hydrogen-bond donors (Lipinski definition) is 1. The Bertz CT molecular complexity index is 927. The number of carbonyl (C=O) groups is 2. The van der Waals surface area contributed by atoms with Gasteiger partial charge in [-0.05, 0) is 36.2 Å². The van der Waals surface area contributed by atoms with Crippen LogP contribution in [0.25, 0.3) is 5.76 Å². The van der Waals surface area contributed by atoms with Crippen LogP contribution in [-0.2, 0) is 9.59 Å². The minimum atomic E-state index is -0.714. The van der Waals surface area contributed by atoms with E-state index in [1.807, 2.05) is 6.92 Å². The molecule has 0 saturated carbocycles. The van der Waals surface area contributed by atoms with Crippen LogP contribution in [0.4, 0.5) is 0 Å². The molecule has 7 heteroatoms. The van der Waals surface area contributed by atoms with Gasteiger partial charge in [0.25, 0.3) is 11.7 Å². The molecule has 2 aromatic rings. The second kappa shape index (κ2) is 8.44. The van der Waals surface area contributed by atoms with Gasteiger partial charge in [0.15, 0.2) is 0 Å². The van der Waals surface area contributed by atoms with Crippen LogP contribution in [0.1, 0.15) is 36.9 Å². The number of ketones is 1. The number of ether oxygens (including phenoxy) is 1. The van der Waals surface area contributed by atoms with E-state index in [9.17, 15) is 14.7 Å². The molecule has 1 fully saturated rings. The number of carbonyl (C=O) groups excluding carboxylic acids is 2. The minimum Gasteiger partial charge on any atom is -0.507 e. The van der Waals surface area contributed by atoms with Gasteiger partial charge in [-0.3, -0.25) is 14.6 Å². The van der Waals surface area contributed by atoms with Gasteiger partial charge in [0.1, 0.15) is 11.5 Å². The van der Waals surface area contributed by atoms with E-state index in [1.54, 1.807) is 36.7 Å². The molecule has 1 saturated heterocycles. The molecule has 28 heavy (non-hydrogen) atoms. The SMILES string of the molecule is CCCCN1C(=O)C(=O)/C(=C(\O)c2ccc(OC)c(Cl)c2)C1c1cccnc1. The van der Waals surface area contributed by atoms with Gasteiger partial charge in [-0.25, -0.2) is 0 Å². The van der Waals surface area contributed by atoms with Crippen molar-refractivity contribution >= 4 is 29.1 Å². The number of pyridine rings is 1. The zero-order valence-corrected chi connectivity index (χ0v) is 16.4. The fraction of sp³-hybridized carbons (Fsp3) is 0.286. The van der Waals surface area contributed by atoms with Crippen LogP contribution >= 0.6 is 11.6 Å². The number of unbranched alkanes of at least 4 members (excludes halogenated alkanes) is 1. The summed E-state index contributed by atoms with van der Waals surface area (Å²) >= 11 is 6.16. The summed E-state index contributed by atoms with van der Waals surface area (Å²) in [6, 6.07) is 7.54. The van der Waals surface area contributed by atoms with Gasteiger partial charge in [0.05, 0.1) is 23.7 Å². The Morgan fingerprint density at radius 2 is 2.11 bits per heavy atom. The number of rotatable bonds is 6. The second-order valence-electron chi connectivity index (χ2n) is 6.48. The molecule has 146 valence electrons. The molecule has 6 nitrogen and oxygen atoms in total. The molecule has 0 aliphatic carbocycles. The molecule has 1 unspecified atom stereocenters. The molecule has 1 aliphatic rings. The predicted molar refractivity (Wildman–Crippen MR) is 106 cm³/mol. The molecule has 1 aromatic heterocycles. The summed E-state index contributed by atoms with van der Waals surface area (Å²) in [5.74, 6) is -1.15. The topological polar surface area (TPSA) is 79.7 Å². The van der Waals surface area contributed by atoms with Crippen molar-refractivity contribution < 1.29 is 19.4 Å². The van der Waals surface area contributed by atoms with E-state index in [4.69, 9.17) is 16.3 Å². The molecule has 1 aliphatic heterocycles. The molecule has 2 heterocycles. The van der Waals surface area contributed by atoms with Crippen LogP contribution in [0.2, 0.25) is 5.02 Å². The van der Waals surface area contributed by atoms with Crippen molar-refractivity contribution in [3.05, 3.63) is 64.4 Å². The number of aliphatic hydroxyl groups is 1. The number of aromatic nitrogens is 1. The zero-order chi connectivity index (χ0) is 20.3. The number of methoxy groups -OCH3 is 1. The fourth-order valence-electron chi connectivity index (χ4n) is 3.29. The number of hydrogen-bond acceptors (Lipinski definition) is 5. The maximum absolute atomic E-state index is 12.8. The van der Waals surface area contributed by atoms with Gasteiger partial charge >= 0.3 is 0 Å². The van der Waals surface area contributed by atoms with Crippen molar-refractivity contribution in [2.45, 2.75) is 25.8 Å². The van der Waals surface area contributed by atoms with Crippen molar-refractivity contribution in [1.29, 1.82) is 0 Å². The first-order chi connectivity index (χ1) is 13.5. The molecule has 1 aromatic carbocycles. The summed E-state index contributed by atoms with van der Waals surface area (Å²) in [5.41, 5.74) is 1.04. The van der Waals surface area contributed by atoms with Gasteiger partial charge in [-0.1, -0.05) is 31.0 Å². The molecule has 1 N–H and O–H groups in total. The first-order valence-corrected chi connectivity index (χ1v) is 9.39. The maximum Gasteiger partial charge on any atom is 0.295 e. The molecule has 0 spiro atoms. The quantitative estimate of drug-likeness (QED) is 0.451. The van der Waals surface area contributed by atoms with Crippen LogP contribution in [-0.4, -0.2) is 40.3 Å². The Balaban J connectivity index is 2.15. The Labute approximate surface area is 168 Å². The summed E-state index contributed by atoms with van der Waals surface area (Å²) < 4.78 is 5.13. The summed E-state index contributed by atoms with van der Waals surface area (Å²) in [7, 11) is 1.49. The van der Waals surface area contributed by atoms with Crippen LogP contribution in [0.3, 0.4) is 0 Å². The Hall–Kier alpha value is -2.86. The summed E-state index contributed by atoms with van der Waals surface area (Å²) in [6.07, 6.45) is 4.84. The molecular formula is C21H21ClN2O4.